The maximum Gasteiger partial charge on any atom is 0.219 e. The first kappa shape index (κ1) is 15.0. The molecular weight excluding hydrogens is 278 g/mol. The van der Waals surface area contributed by atoms with Crippen LogP contribution in [0.4, 0.5) is 0 Å². The fourth-order valence-electron chi connectivity index (χ4n) is 3.47. The van der Waals surface area contributed by atoms with Crippen molar-refractivity contribution in [3.63, 3.8) is 0 Å². The summed E-state index contributed by atoms with van der Waals surface area (Å²) in [6.45, 7) is 5.58. The summed E-state index contributed by atoms with van der Waals surface area (Å²) in [5.41, 5.74) is 1.84. The molecule has 5 heteroatoms. The number of carbonyl (C=O) groups excluding carboxylic acids is 1. The molecule has 0 unspecified atom stereocenters. The van der Waals surface area contributed by atoms with Gasteiger partial charge in [0.15, 0.2) is 0 Å². The lowest BCUT2D eigenvalue weighted by atomic mass is 9.98. The zero-order chi connectivity index (χ0) is 15.5. The molecule has 2 fully saturated rings. The molecule has 0 N–H and O–H groups in total. The van der Waals surface area contributed by atoms with E-state index in [4.69, 9.17) is 10.00 Å². The van der Waals surface area contributed by atoms with Crippen LogP contribution >= 0.6 is 0 Å². The largest absolute Gasteiger partial charge is 0.374 e. The van der Waals surface area contributed by atoms with E-state index in [9.17, 15) is 4.79 Å². The van der Waals surface area contributed by atoms with Crippen LogP contribution in [0.3, 0.4) is 0 Å². The van der Waals surface area contributed by atoms with Crippen molar-refractivity contribution in [2.75, 3.05) is 26.2 Å². The van der Waals surface area contributed by atoms with Gasteiger partial charge in [0.2, 0.25) is 5.91 Å². The summed E-state index contributed by atoms with van der Waals surface area (Å²) in [6, 6.07) is 10.1. The molecular formula is C17H21N3O2. The molecule has 0 bridgehead atoms. The summed E-state index contributed by atoms with van der Waals surface area (Å²) >= 11 is 0. The fraction of sp³-hybridized carbons (Fsp3) is 0.529. The number of hydrogen-bond acceptors (Lipinski definition) is 4. The topological polar surface area (TPSA) is 56.6 Å². The molecule has 0 aromatic heterocycles. The Kier molecular flexibility index (Phi) is 4.41. The lowest BCUT2D eigenvalue weighted by Crippen LogP contribution is -2.60. The van der Waals surface area contributed by atoms with Gasteiger partial charge < -0.3 is 9.64 Å². The van der Waals surface area contributed by atoms with Gasteiger partial charge in [-0.05, 0) is 24.1 Å². The predicted octanol–water partition coefficient (Wildman–Crippen LogP) is 1.38. The van der Waals surface area contributed by atoms with Gasteiger partial charge in [-0.25, -0.2) is 0 Å². The van der Waals surface area contributed by atoms with Gasteiger partial charge in [0.25, 0.3) is 0 Å². The lowest BCUT2D eigenvalue weighted by molar-refractivity contribution is -0.150. The quantitative estimate of drug-likeness (QED) is 0.828. The number of amides is 1. The molecule has 0 radical (unpaired) electrons. The molecule has 1 aromatic rings. The zero-order valence-corrected chi connectivity index (χ0v) is 12.9. The Hall–Kier alpha value is -1.90. The minimum Gasteiger partial charge on any atom is -0.374 e. The van der Waals surface area contributed by atoms with Crippen molar-refractivity contribution < 1.29 is 9.53 Å². The van der Waals surface area contributed by atoms with Crippen molar-refractivity contribution in [2.24, 2.45) is 0 Å². The van der Waals surface area contributed by atoms with E-state index < -0.39 is 0 Å². The van der Waals surface area contributed by atoms with Gasteiger partial charge in [-0.3, -0.25) is 9.69 Å². The Labute approximate surface area is 131 Å². The third-order valence-electron chi connectivity index (χ3n) is 4.54. The molecule has 2 aliphatic heterocycles. The van der Waals surface area contributed by atoms with Crippen LogP contribution in [0.5, 0.6) is 0 Å². The highest BCUT2D eigenvalue weighted by Crippen LogP contribution is 2.24. The van der Waals surface area contributed by atoms with Gasteiger partial charge in [0.1, 0.15) is 0 Å². The van der Waals surface area contributed by atoms with Crippen LogP contribution in [0.15, 0.2) is 24.3 Å². The summed E-state index contributed by atoms with van der Waals surface area (Å²) in [7, 11) is 0. The first-order chi connectivity index (χ1) is 10.7. The van der Waals surface area contributed by atoms with Gasteiger partial charge in [-0.2, -0.15) is 5.26 Å². The van der Waals surface area contributed by atoms with E-state index in [0.29, 0.717) is 18.7 Å². The summed E-state index contributed by atoms with van der Waals surface area (Å²) in [6.07, 6.45) is 1.12. The standard InChI is InChI=1S/C17H21N3O2/c1-13(21)20-7-8-22-17-5-6-19(12-16(17)20)11-15-4-2-3-14(9-15)10-18/h2-4,9,16-17H,5-8,11-12H2,1H3/t16-,17-/m0/s1. The van der Waals surface area contributed by atoms with Crippen molar-refractivity contribution in [2.45, 2.75) is 32.0 Å². The third-order valence-corrected chi connectivity index (χ3v) is 4.54. The van der Waals surface area contributed by atoms with Gasteiger partial charge in [0.05, 0.1) is 30.4 Å². The Morgan fingerprint density at radius 2 is 2.32 bits per heavy atom. The van der Waals surface area contributed by atoms with E-state index in [-0.39, 0.29) is 18.1 Å². The SMILES string of the molecule is CC(=O)N1CCO[C@H]2CCN(Cc3cccc(C#N)c3)C[C@@H]21. The second kappa shape index (κ2) is 6.47. The smallest absolute Gasteiger partial charge is 0.219 e. The second-order valence-electron chi connectivity index (χ2n) is 6.02. The Balaban J connectivity index is 1.69. The molecule has 0 saturated carbocycles. The highest BCUT2D eigenvalue weighted by atomic mass is 16.5. The van der Waals surface area contributed by atoms with E-state index in [1.807, 2.05) is 29.2 Å². The summed E-state index contributed by atoms with van der Waals surface area (Å²) in [5, 5.41) is 8.99. The first-order valence-electron chi connectivity index (χ1n) is 7.77. The summed E-state index contributed by atoms with van der Waals surface area (Å²) in [5.74, 6) is 0.131. The summed E-state index contributed by atoms with van der Waals surface area (Å²) < 4.78 is 5.83. The number of carbonyl (C=O) groups is 1. The minimum absolute atomic E-state index is 0.131. The van der Waals surface area contributed by atoms with Crippen LogP contribution in [-0.4, -0.2) is 54.1 Å². The molecule has 1 amide bonds. The number of nitrogens with zero attached hydrogens (tertiary/aromatic N) is 3. The normalized spacial score (nSPS) is 25.4. The molecule has 116 valence electrons. The number of hydrogen-bond donors (Lipinski definition) is 0. The Morgan fingerprint density at radius 3 is 3.09 bits per heavy atom. The van der Waals surface area contributed by atoms with Gasteiger partial charge in [-0.1, -0.05) is 12.1 Å². The van der Waals surface area contributed by atoms with Crippen LogP contribution in [0.2, 0.25) is 0 Å². The van der Waals surface area contributed by atoms with Crippen LogP contribution in [-0.2, 0) is 16.1 Å². The molecule has 2 atom stereocenters. The van der Waals surface area contributed by atoms with Crippen LogP contribution in [0.25, 0.3) is 0 Å². The first-order valence-corrected chi connectivity index (χ1v) is 7.77. The number of fused-ring (bicyclic) bond motifs is 1. The van der Waals surface area contributed by atoms with E-state index in [1.165, 1.54) is 0 Å². The maximum absolute atomic E-state index is 11.8. The van der Waals surface area contributed by atoms with Crippen molar-refractivity contribution in [1.82, 2.24) is 9.80 Å². The van der Waals surface area contributed by atoms with Gasteiger partial charge in [0, 0.05) is 33.1 Å². The third kappa shape index (κ3) is 3.13. The predicted molar refractivity (Wildman–Crippen MR) is 82.0 cm³/mol. The highest BCUT2D eigenvalue weighted by molar-refractivity contribution is 5.73. The molecule has 22 heavy (non-hydrogen) atoms. The maximum atomic E-state index is 11.8. The van der Waals surface area contributed by atoms with Gasteiger partial charge in [-0.15, -0.1) is 0 Å². The summed E-state index contributed by atoms with van der Waals surface area (Å²) in [4.78, 5) is 16.1. The van der Waals surface area contributed by atoms with Crippen LogP contribution in [0, 0.1) is 11.3 Å². The average molecular weight is 299 g/mol. The average Bonchev–Trinajstić information content (AvgIpc) is 2.54. The van der Waals surface area contributed by atoms with E-state index in [2.05, 4.69) is 11.0 Å². The molecule has 3 rings (SSSR count). The molecule has 5 nitrogen and oxygen atoms in total. The monoisotopic (exact) mass is 299 g/mol. The molecule has 1 aromatic carbocycles. The van der Waals surface area contributed by atoms with E-state index in [0.717, 1.165) is 31.6 Å². The van der Waals surface area contributed by atoms with Crippen LogP contribution < -0.4 is 0 Å². The van der Waals surface area contributed by atoms with Crippen LogP contribution in [0.1, 0.15) is 24.5 Å². The fourth-order valence-corrected chi connectivity index (χ4v) is 3.47. The number of likely N-dealkylation sites (tertiary alicyclic amines) is 1. The van der Waals surface area contributed by atoms with Gasteiger partial charge >= 0.3 is 0 Å². The lowest BCUT2D eigenvalue weighted by Gasteiger charge is -2.46. The molecule has 0 spiro atoms. The molecule has 2 saturated heterocycles. The molecule has 2 aliphatic rings. The Bertz CT molecular complexity index is 596. The number of ether oxygens (including phenoxy) is 1. The zero-order valence-electron chi connectivity index (χ0n) is 12.9. The number of rotatable bonds is 2. The highest BCUT2D eigenvalue weighted by Gasteiger charge is 2.38. The van der Waals surface area contributed by atoms with E-state index >= 15 is 0 Å². The number of benzene rings is 1. The molecule has 2 heterocycles. The number of piperidine rings is 1. The number of nitriles is 1. The van der Waals surface area contributed by atoms with Crippen molar-refractivity contribution in [3.8, 4) is 6.07 Å². The van der Waals surface area contributed by atoms with Crippen molar-refractivity contribution in [3.05, 3.63) is 35.4 Å². The van der Waals surface area contributed by atoms with Crippen molar-refractivity contribution in [1.29, 1.82) is 5.26 Å². The minimum atomic E-state index is 0.131. The van der Waals surface area contributed by atoms with E-state index in [1.54, 1.807) is 6.92 Å². The number of morpholine rings is 1. The Morgan fingerprint density at radius 1 is 1.45 bits per heavy atom. The molecule has 0 aliphatic carbocycles. The second-order valence-corrected chi connectivity index (χ2v) is 6.02. The van der Waals surface area contributed by atoms with Crippen molar-refractivity contribution >= 4 is 5.91 Å².